The summed E-state index contributed by atoms with van der Waals surface area (Å²) in [4.78, 5) is 9.50. The average Bonchev–Trinajstić information content (AvgIpc) is 2.89. The van der Waals surface area contributed by atoms with Gasteiger partial charge < -0.3 is 9.30 Å². The number of aryl methyl sites for hydroxylation is 1. The highest BCUT2D eigenvalue weighted by Gasteiger charge is 2.18. The maximum Gasteiger partial charge on any atom is 0.222 e. The molecule has 0 aromatic carbocycles. The minimum Gasteiger partial charge on any atom is -0.480 e. The van der Waals surface area contributed by atoms with E-state index in [0.717, 1.165) is 33.5 Å². The molecule has 3 rings (SSSR count). The van der Waals surface area contributed by atoms with Gasteiger partial charge in [0, 0.05) is 17.9 Å². The molecule has 3 heterocycles. The SMILES string of the molecule is COc1nc(C(C)C)ccc1-c1nc2c(Cl)cn(C(C)C)c2cc1C. The van der Waals surface area contributed by atoms with Crippen LogP contribution in [0.3, 0.4) is 0 Å². The molecule has 0 aliphatic rings. The molecule has 0 spiro atoms. The molecule has 0 radical (unpaired) electrons. The van der Waals surface area contributed by atoms with Crippen molar-refractivity contribution in [2.75, 3.05) is 7.11 Å². The van der Waals surface area contributed by atoms with Crippen LogP contribution >= 0.6 is 11.6 Å². The largest absolute Gasteiger partial charge is 0.480 e. The first-order valence-electron chi connectivity index (χ1n) is 8.56. The van der Waals surface area contributed by atoms with Gasteiger partial charge in [0.1, 0.15) is 5.52 Å². The third-order valence-corrected chi connectivity index (χ3v) is 4.70. The summed E-state index contributed by atoms with van der Waals surface area (Å²) >= 11 is 6.44. The minimum absolute atomic E-state index is 0.323. The van der Waals surface area contributed by atoms with E-state index in [1.807, 2.05) is 18.3 Å². The molecule has 0 saturated heterocycles. The van der Waals surface area contributed by atoms with Crippen LogP contribution in [0.1, 0.15) is 50.9 Å². The van der Waals surface area contributed by atoms with Crippen molar-refractivity contribution in [3.8, 4) is 17.1 Å². The number of hydrogen-bond donors (Lipinski definition) is 0. The van der Waals surface area contributed by atoms with Gasteiger partial charge >= 0.3 is 0 Å². The number of pyridine rings is 2. The number of halogens is 1. The van der Waals surface area contributed by atoms with Gasteiger partial charge in [-0.25, -0.2) is 9.97 Å². The highest BCUT2D eigenvalue weighted by Crippen LogP contribution is 2.35. The molecule has 0 bridgehead atoms. The molecule has 0 atom stereocenters. The summed E-state index contributed by atoms with van der Waals surface area (Å²) in [5.41, 5.74) is 5.68. The Morgan fingerprint density at radius 1 is 1.12 bits per heavy atom. The van der Waals surface area contributed by atoms with E-state index in [4.69, 9.17) is 21.3 Å². The molecule has 0 aliphatic carbocycles. The van der Waals surface area contributed by atoms with Gasteiger partial charge in [-0.2, -0.15) is 0 Å². The molecule has 0 amide bonds. The van der Waals surface area contributed by atoms with Crippen LogP contribution in [0.5, 0.6) is 5.88 Å². The van der Waals surface area contributed by atoms with Crippen molar-refractivity contribution in [2.24, 2.45) is 0 Å². The number of aromatic nitrogens is 3. The van der Waals surface area contributed by atoms with Crippen LogP contribution < -0.4 is 4.74 Å². The highest BCUT2D eigenvalue weighted by molar-refractivity contribution is 6.35. The molecule has 25 heavy (non-hydrogen) atoms. The van der Waals surface area contributed by atoms with Gasteiger partial charge in [0.2, 0.25) is 5.88 Å². The molecule has 0 fully saturated rings. The van der Waals surface area contributed by atoms with Gasteiger partial charge in [0.05, 0.1) is 28.9 Å². The maximum atomic E-state index is 6.44. The fourth-order valence-corrected chi connectivity index (χ4v) is 3.28. The molecule has 5 heteroatoms. The lowest BCUT2D eigenvalue weighted by Gasteiger charge is -2.14. The van der Waals surface area contributed by atoms with Crippen LogP contribution in [0, 0.1) is 6.92 Å². The van der Waals surface area contributed by atoms with Crippen molar-refractivity contribution < 1.29 is 4.74 Å². The lowest BCUT2D eigenvalue weighted by Crippen LogP contribution is -2.01. The van der Waals surface area contributed by atoms with Crippen molar-refractivity contribution in [1.29, 1.82) is 0 Å². The Morgan fingerprint density at radius 3 is 2.44 bits per heavy atom. The Labute approximate surface area is 153 Å². The molecule has 0 N–H and O–H groups in total. The lowest BCUT2D eigenvalue weighted by atomic mass is 10.0. The molecule has 3 aromatic rings. The molecule has 3 aromatic heterocycles. The zero-order valence-electron chi connectivity index (χ0n) is 15.6. The lowest BCUT2D eigenvalue weighted by molar-refractivity contribution is 0.397. The van der Waals surface area contributed by atoms with Gasteiger partial charge in [-0.1, -0.05) is 25.4 Å². The second-order valence-electron chi connectivity index (χ2n) is 6.95. The first-order valence-corrected chi connectivity index (χ1v) is 8.94. The summed E-state index contributed by atoms with van der Waals surface area (Å²) < 4.78 is 7.69. The van der Waals surface area contributed by atoms with Crippen molar-refractivity contribution in [3.63, 3.8) is 0 Å². The highest BCUT2D eigenvalue weighted by atomic mass is 35.5. The second-order valence-corrected chi connectivity index (χ2v) is 7.35. The van der Waals surface area contributed by atoms with Crippen LogP contribution in [0.4, 0.5) is 0 Å². The van der Waals surface area contributed by atoms with E-state index in [0.29, 0.717) is 22.9 Å². The maximum absolute atomic E-state index is 6.44. The Hall–Kier alpha value is -2.07. The molecule has 0 aliphatic heterocycles. The van der Waals surface area contributed by atoms with E-state index in [-0.39, 0.29) is 0 Å². The van der Waals surface area contributed by atoms with E-state index in [2.05, 4.69) is 50.2 Å². The molecule has 0 saturated carbocycles. The van der Waals surface area contributed by atoms with E-state index in [1.165, 1.54) is 0 Å². The zero-order chi connectivity index (χ0) is 18.3. The molecule has 4 nitrogen and oxygen atoms in total. The van der Waals surface area contributed by atoms with Gasteiger partial charge in [-0.3, -0.25) is 0 Å². The molecule has 0 unspecified atom stereocenters. The topological polar surface area (TPSA) is 39.9 Å². The van der Waals surface area contributed by atoms with Gasteiger partial charge in [0.15, 0.2) is 0 Å². The normalized spacial score (nSPS) is 11.7. The van der Waals surface area contributed by atoms with Crippen LogP contribution in [0.2, 0.25) is 5.02 Å². The first kappa shape index (κ1) is 17.7. The number of ether oxygens (including phenoxy) is 1. The van der Waals surface area contributed by atoms with Crippen molar-refractivity contribution in [1.82, 2.24) is 14.5 Å². The van der Waals surface area contributed by atoms with Crippen LogP contribution in [-0.2, 0) is 0 Å². The van der Waals surface area contributed by atoms with Gasteiger partial charge in [0.25, 0.3) is 0 Å². The summed E-state index contributed by atoms with van der Waals surface area (Å²) in [5, 5.41) is 0.663. The van der Waals surface area contributed by atoms with Crippen LogP contribution in [0.25, 0.3) is 22.3 Å². The van der Waals surface area contributed by atoms with Crippen LogP contribution in [-0.4, -0.2) is 21.6 Å². The number of rotatable bonds is 4. The van der Waals surface area contributed by atoms with Crippen LogP contribution in [0.15, 0.2) is 24.4 Å². The van der Waals surface area contributed by atoms with Gasteiger partial charge in [-0.05, 0) is 50.5 Å². The van der Waals surface area contributed by atoms with Gasteiger partial charge in [-0.15, -0.1) is 0 Å². The molecular formula is C20H24ClN3O. The summed E-state index contributed by atoms with van der Waals surface area (Å²) in [6.45, 7) is 10.6. The summed E-state index contributed by atoms with van der Waals surface area (Å²) in [7, 11) is 1.64. The number of fused-ring (bicyclic) bond motifs is 1. The summed E-state index contributed by atoms with van der Waals surface area (Å²) in [6, 6.07) is 6.53. The van der Waals surface area contributed by atoms with E-state index < -0.39 is 0 Å². The molecular weight excluding hydrogens is 334 g/mol. The van der Waals surface area contributed by atoms with Crippen molar-refractivity contribution in [2.45, 2.75) is 46.6 Å². The predicted molar refractivity (Wildman–Crippen MR) is 104 cm³/mol. The fraction of sp³-hybridized carbons (Fsp3) is 0.400. The van der Waals surface area contributed by atoms with E-state index in [1.54, 1.807) is 7.11 Å². The Bertz CT molecular complexity index is 928. The summed E-state index contributed by atoms with van der Waals surface area (Å²) in [6.07, 6.45) is 1.95. The third kappa shape index (κ3) is 3.11. The van der Waals surface area contributed by atoms with E-state index in [9.17, 15) is 0 Å². The fourth-order valence-electron chi connectivity index (χ4n) is 3.04. The minimum atomic E-state index is 0.323. The van der Waals surface area contributed by atoms with Crippen molar-refractivity contribution >= 4 is 22.6 Å². The third-order valence-electron chi connectivity index (χ3n) is 4.43. The zero-order valence-corrected chi connectivity index (χ0v) is 16.3. The average molecular weight is 358 g/mol. The standard InChI is InChI=1S/C20H24ClN3O/c1-11(2)16-8-7-14(20(22-16)25-6)18-13(5)9-17-19(23-18)15(21)10-24(17)12(3)4/h7-12H,1-6H3. The van der Waals surface area contributed by atoms with Crippen molar-refractivity contribution in [3.05, 3.63) is 40.7 Å². The quantitative estimate of drug-likeness (QED) is 0.594. The number of methoxy groups -OCH3 is 1. The molecule has 132 valence electrons. The smallest absolute Gasteiger partial charge is 0.222 e. The van der Waals surface area contributed by atoms with E-state index >= 15 is 0 Å². The monoisotopic (exact) mass is 357 g/mol. The second kappa shape index (κ2) is 6.68. The first-order chi connectivity index (χ1) is 11.8. The Balaban J connectivity index is 2.23. The Kier molecular flexibility index (Phi) is 4.74. The number of hydrogen-bond acceptors (Lipinski definition) is 3. The predicted octanol–water partition coefficient (Wildman–Crippen LogP) is 5.77. The summed E-state index contributed by atoms with van der Waals surface area (Å²) in [5.74, 6) is 0.939. The number of nitrogens with zero attached hydrogens (tertiary/aromatic N) is 3. The Morgan fingerprint density at radius 2 is 1.84 bits per heavy atom.